The van der Waals surface area contributed by atoms with Crippen molar-refractivity contribution in [3.8, 4) is 0 Å². The average Bonchev–Trinajstić information content (AvgIpc) is 2.60. The maximum atomic E-state index is 10.7. The molecule has 1 heterocycles. The summed E-state index contributed by atoms with van der Waals surface area (Å²) >= 11 is 1.58. The minimum absolute atomic E-state index is 0.0554. The van der Waals surface area contributed by atoms with Gasteiger partial charge in [0.05, 0.1) is 5.60 Å². The smallest absolute Gasteiger partial charge is 0.371 e. The van der Waals surface area contributed by atoms with Gasteiger partial charge in [-0.1, -0.05) is 0 Å². The topological polar surface area (TPSA) is 82.7 Å². The van der Waals surface area contributed by atoms with E-state index < -0.39 is 11.6 Å². The molecule has 0 aromatic carbocycles. The molecular weight excluding hydrogens is 254 g/mol. The van der Waals surface area contributed by atoms with E-state index in [1.165, 1.54) is 6.07 Å². The summed E-state index contributed by atoms with van der Waals surface area (Å²) in [5, 5.41) is 21.8. The van der Waals surface area contributed by atoms with Crippen molar-refractivity contribution in [3.05, 3.63) is 23.2 Å². The minimum Gasteiger partial charge on any atom is -0.475 e. The second-order valence-electron chi connectivity index (χ2n) is 4.53. The lowest BCUT2D eigenvalue weighted by molar-refractivity contribution is 0.0660. The van der Waals surface area contributed by atoms with Gasteiger partial charge in [0, 0.05) is 24.4 Å². The molecule has 0 fully saturated rings. The number of rotatable bonds is 7. The largest absolute Gasteiger partial charge is 0.475 e. The average molecular weight is 273 g/mol. The van der Waals surface area contributed by atoms with Gasteiger partial charge in [-0.25, -0.2) is 4.79 Å². The number of carbonyl (C=O) groups is 1. The molecule has 18 heavy (non-hydrogen) atoms. The van der Waals surface area contributed by atoms with E-state index in [-0.39, 0.29) is 5.76 Å². The summed E-state index contributed by atoms with van der Waals surface area (Å²) in [6.45, 7) is 4.42. The van der Waals surface area contributed by atoms with Gasteiger partial charge < -0.3 is 19.9 Å². The molecule has 5 nitrogen and oxygen atoms in total. The van der Waals surface area contributed by atoms with Crippen LogP contribution in [0.15, 0.2) is 10.5 Å². The number of thioether (sulfide) groups is 1. The number of furan rings is 1. The molecule has 1 aromatic rings. The number of carboxylic acids is 1. The third-order valence-corrected chi connectivity index (χ3v) is 3.42. The molecule has 1 unspecified atom stereocenters. The molecule has 0 aliphatic carbocycles. The highest BCUT2D eigenvalue weighted by Gasteiger charge is 2.19. The fourth-order valence-corrected chi connectivity index (χ4v) is 2.35. The Bertz CT molecular complexity index is 414. The first-order chi connectivity index (χ1) is 8.35. The van der Waals surface area contributed by atoms with Crippen LogP contribution in [0.25, 0.3) is 0 Å². The maximum Gasteiger partial charge on any atom is 0.371 e. The van der Waals surface area contributed by atoms with E-state index >= 15 is 0 Å². The number of aromatic carboxylic acids is 1. The van der Waals surface area contributed by atoms with Gasteiger partial charge in [-0.05, 0) is 26.2 Å². The second kappa shape index (κ2) is 6.26. The predicted octanol–water partition coefficient (Wildman–Crippen LogP) is 1.49. The first kappa shape index (κ1) is 15.1. The summed E-state index contributed by atoms with van der Waals surface area (Å²) in [5.74, 6) is 0.105. The molecule has 0 aliphatic heterocycles. The molecule has 0 radical (unpaired) electrons. The number of hydrogen-bond acceptors (Lipinski definition) is 5. The molecule has 3 N–H and O–H groups in total. The Morgan fingerprint density at radius 1 is 1.61 bits per heavy atom. The van der Waals surface area contributed by atoms with Gasteiger partial charge in [-0.3, -0.25) is 0 Å². The van der Waals surface area contributed by atoms with Gasteiger partial charge in [0.2, 0.25) is 5.76 Å². The van der Waals surface area contributed by atoms with Crippen molar-refractivity contribution >= 4 is 17.7 Å². The SMILES string of the molecule is CSCC(C)(O)CNCc1cc(C(=O)O)oc1C. The zero-order valence-corrected chi connectivity index (χ0v) is 11.6. The van der Waals surface area contributed by atoms with Crippen molar-refractivity contribution < 1.29 is 19.4 Å². The highest BCUT2D eigenvalue weighted by Crippen LogP contribution is 2.15. The number of aliphatic hydroxyl groups is 1. The summed E-state index contributed by atoms with van der Waals surface area (Å²) in [5.41, 5.74) is 0.0273. The number of hydrogen-bond donors (Lipinski definition) is 3. The summed E-state index contributed by atoms with van der Waals surface area (Å²) in [7, 11) is 0. The van der Waals surface area contributed by atoms with Crippen molar-refractivity contribution in [1.82, 2.24) is 5.32 Å². The Morgan fingerprint density at radius 3 is 2.78 bits per heavy atom. The molecule has 6 heteroatoms. The van der Waals surface area contributed by atoms with Gasteiger partial charge in [0.25, 0.3) is 0 Å². The molecule has 0 amide bonds. The normalized spacial score (nSPS) is 14.4. The zero-order valence-electron chi connectivity index (χ0n) is 10.8. The van der Waals surface area contributed by atoms with Crippen LogP contribution in [0.3, 0.4) is 0 Å². The fourth-order valence-electron chi connectivity index (χ4n) is 1.63. The van der Waals surface area contributed by atoms with Crippen LogP contribution in [0.1, 0.15) is 28.8 Å². The Morgan fingerprint density at radius 2 is 2.28 bits per heavy atom. The first-order valence-corrected chi connectivity index (χ1v) is 7.00. The zero-order chi connectivity index (χ0) is 13.8. The highest BCUT2D eigenvalue weighted by molar-refractivity contribution is 7.98. The maximum absolute atomic E-state index is 10.7. The van der Waals surface area contributed by atoms with E-state index in [0.29, 0.717) is 24.6 Å². The summed E-state index contributed by atoms with van der Waals surface area (Å²) in [6.07, 6.45) is 1.94. The van der Waals surface area contributed by atoms with Gasteiger partial charge in [0.1, 0.15) is 5.76 Å². The van der Waals surface area contributed by atoms with Crippen LogP contribution in [0.2, 0.25) is 0 Å². The lowest BCUT2D eigenvalue weighted by Gasteiger charge is -2.22. The Labute approximate surface area is 111 Å². The van der Waals surface area contributed by atoms with Crippen molar-refractivity contribution in [2.24, 2.45) is 0 Å². The summed E-state index contributed by atoms with van der Waals surface area (Å²) in [6, 6.07) is 1.51. The Hall–Kier alpha value is -0.980. The molecule has 102 valence electrons. The van der Waals surface area contributed by atoms with E-state index in [9.17, 15) is 9.90 Å². The molecule has 1 aromatic heterocycles. The Kier molecular flexibility index (Phi) is 5.25. The molecule has 1 rings (SSSR count). The second-order valence-corrected chi connectivity index (χ2v) is 5.40. The van der Waals surface area contributed by atoms with Gasteiger partial charge in [0.15, 0.2) is 0 Å². The fraction of sp³-hybridized carbons (Fsp3) is 0.583. The molecular formula is C12H19NO4S. The summed E-state index contributed by atoms with van der Waals surface area (Å²) < 4.78 is 5.10. The van der Waals surface area contributed by atoms with Crippen LogP contribution < -0.4 is 5.32 Å². The van der Waals surface area contributed by atoms with Crippen molar-refractivity contribution in [1.29, 1.82) is 0 Å². The highest BCUT2D eigenvalue weighted by atomic mass is 32.2. The minimum atomic E-state index is -1.07. The van der Waals surface area contributed by atoms with E-state index in [4.69, 9.17) is 9.52 Å². The standard InChI is InChI=1S/C12H19NO4S/c1-8-9(4-10(17-8)11(14)15)5-13-6-12(2,16)7-18-3/h4,13,16H,5-7H2,1-3H3,(H,14,15). The number of aryl methyl sites for hydroxylation is 1. The van der Waals surface area contributed by atoms with E-state index in [1.54, 1.807) is 25.6 Å². The van der Waals surface area contributed by atoms with Crippen LogP contribution >= 0.6 is 11.8 Å². The van der Waals surface area contributed by atoms with Crippen molar-refractivity contribution in [3.63, 3.8) is 0 Å². The third-order valence-electron chi connectivity index (χ3n) is 2.51. The van der Waals surface area contributed by atoms with Crippen LogP contribution in [-0.4, -0.2) is 40.3 Å². The van der Waals surface area contributed by atoms with Crippen LogP contribution in [0, 0.1) is 6.92 Å². The monoisotopic (exact) mass is 273 g/mol. The van der Waals surface area contributed by atoms with Gasteiger partial charge in [-0.2, -0.15) is 11.8 Å². The lowest BCUT2D eigenvalue weighted by Crippen LogP contribution is -2.39. The van der Waals surface area contributed by atoms with Crippen LogP contribution in [0.5, 0.6) is 0 Å². The predicted molar refractivity (Wildman–Crippen MR) is 71.1 cm³/mol. The van der Waals surface area contributed by atoms with Crippen molar-refractivity contribution in [2.45, 2.75) is 26.0 Å². The third kappa shape index (κ3) is 4.36. The van der Waals surface area contributed by atoms with Crippen molar-refractivity contribution in [2.75, 3.05) is 18.6 Å². The van der Waals surface area contributed by atoms with Gasteiger partial charge in [-0.15, -0.1) is 0 Å². The van der Waals surface area contributed by atoms with Crippen LogP contribution in [0.4, 0.5) is 0 Å². The van der Waals surface area contributed by atoms with Crippen LogP contribution in [-0.2, 0) is 6.54 Å². The Balaban J connectivity index is 2.51. The quantitative estimate of drug-likeness (QED) is 0.698. The molecule has 0 bridgehead atoms. The van der Waals surface area contributed by atoms with Gasteiger partial charge >= 0.3 is 5.97 Å². The number of carboxylic acid groups (broad SMARTS) is 1. The van der Waals surface area contributed by atoms with E-state index in [0.717, 1.165) is 5.56 Å². The molecule has 0 saturated heterocycles. The molecule has 0 spiro atoms. The van der Waals surface area contributed by atoms with E-state index in [1.807, 2.05) is 6.26 Å². The first-order valence-electron chi connectivity index (χ1n) is 5.60. The molecule has 0 aliphatic rings. The summed E-state index contributed by atoms with van der Waals surface area (Å²) in [4.78, 5) is 10.7. The number of nitrogens with one attached hydrogen (secondary N) is 1. The molecule has 1 atom stereocenters. The lowest BCUT2D eigenvalue weighted by atomic mass is 10.1. The molecule has 0 saturated carbocycles. The van der Waals surface area contributed by atoms with E-state index in [2.05, 4.69) is 5.32 Å².